The maximum atomic E-state index is 13.2. The summed E-state index contributed by atoms with van der Waals surface area (Å²) in [7, 11) is 0. The Hall–Kier alpha value is -2.18. The highest BCUT2D eigenvalue weighted by Crippen LogP contribution is 2.18. The van der Waals surface area contributed by atoms with Crippen LogP contribution in [0.3, 0.4) is 0 Å². The fraction of sp³-hybridized carbons (Fsp3) is 0.811. The van der Waals surface area contributed by atoms with Crippen LogP contribution >= 0.6 is 0 Å². The van der Waals surface area contributed by atoms with E-state index >= 15 is 0 Å². The predicted molar refractivity (Wildman–Crippen MR) is 255 cm³/mol. The van der Waals surface area contributed by atoms with E-state index in [2.05, 4.69) is 74.7 Å². The Morgan fingerprint density at radius 2 is 0.932 bits per heavy atom. The van der Waals surface area contributed by atoms with Gasteiger partial charge in [0.25, 0.3) is 0 Å². The van der Waals surface area contributed by atoms with Crippen LogP contribution in [-0.4, -0.2) is 46.9 Å². The lowest BCUT2D eigenvalue weighted by Crippen LogP contribution is -2.46. The monoisotopic (exact) mass is 828 g/mol. The fourth-order valence-corrected chi connectivity index (χ4v) is 7.60. The second-order valence-electron chi connectivity index (χ2n) is 17.2. The molecule has 59 heavy (non-hydrogen) atoms. The number of allylic oxidation sites excluding steroid dienone is 8. The van der Waals surface area contributed by atoms with Gasteiger partial charge >= 0.3 is 5.97 Å². The van der Waals surface area contributed by atoms with E-state index in [-0.39, 0.29) is 24.9 Å². The van der Waals surface area contributed by atoms with Crippen LogP contribution < -0.4 is 5.32 Å². The largest absolute Gasteiger partial charge is 0.462 e. The first-order valence-corrected chi connectivity index (χ1v) is 25.4. The maximum absolute atomic E-state index is 13.2. The lowest BCUT2D eigenvalue weighted by atomic mass is 10.0. The Labute approximate surface area is 366 Å². The third-order valence-corrected chi connectivity index (χ3v) is 11.5. The zero-order valence-electron chi connectivity index (χ0n) is 39.1. The van der Waals surface area contributed by atoms with Crippen molar-refractivity contribution in [1.82, 2.24) is 5.32 Å². The molecule has 0 saturated carbocycles. The minimum atomic E-state index is -0.793. The number of carbonyl (C=O) groups is 2. The van der Waals surface area contributed by atoms with Gasteiger partial charge in [0, 0.05) is 6.42 Å². The van der Waals surface area contributed by atoms with Gasteiger partial charge in [-0.3, -0.25) is 9.59 Å². The summed E-state index contributed by atoms with van der Waals surface area (Å²) in [5.74, 6) is -0.495. The standard InChI is InChI=1S/C53H97NO5/c1-4-7-10-13-16-19-22-25-26-28-31-34-37-40-43-46-53(58)59-49(44-41-38-35-32-29-27-23-20-17-14-11-8-5-2)47-52(57)54-50(48-55)51(56)45-42-39-36-33-30-24-21-18-15-12-9-6-3/h8,11,14,17,19-20,22-23,49-51,55-56H,4-7,9-10,12-13,15-16,18,21,24-48H2,1-3H3,(H,54,57)/b11-8+,17-14+,22-19-,23-20+. The van der Waals surface area contributed by atoms with Crippen molar-refractivity contribution in [3.63, 3.8) is 0 Å². The van der Waals surface area contributed by atoms with Gasteiger partial charge in [-0.05, 0) is 70.6 Å². The van der Waals surface area contributed by atoms with Crippen molar-refractivity contribution in [2.45, 2.75) is 270 Å². The number of rotatable bonds is 45. The fourth-order valence-electron chi connectivity index (χ4n) is 7.60. The molecule has 0 aromatic carbocycles. The van der Waals surface area contributed by atoms with E-state index in [0.29, 0.717) is 19.3 Å². The molecule has 0 aliphatic rings. The summed E-state index contributed by atoms with van der Waals surface area (Å²) in [5.41, 5.74) is 0. The van der Waals surface area contributed by atoms with E-state index in [9.17, 15) is 19.8 Å². The molecule has 0 radical (unpaired) electrons. The number of amides is 1. The zero-order valence-corrected chi connectivity index (χ0v) is 39.1. The number of unbranched alkanes of at least 4 members (excludes halogenated alkanes) is 27. The molecule has 1 amide bonds. The SMILES string of the molecule is CC/C=C/C=C/C=C/CCCCCCCC(CC(=O)NC(CO)C(O)CCCCCCCCCCCCCC)OC(=O)CCCCCCCCC/C=C\CCCCCC. The molecule has 0 saturated heterocycles. The normalized spacial score (nSPS) is 13.6. The molecule has 6 nitrogen and oxygen atoms in total. The van der Waals surface area contributed by atoms with Crippen LogP contribution in [0.5, 0.6) is 0 Å². The summed E-state index contributed by atoms with van der Waals surface area (Å²) in [6.45, 7) is 6.33. The van der Waals surface area contributed by atoms with Crippen molar-refractivity contribution in [3.05, 3.63) is 48.6 Å². The maximum Gasteiger partial charge on any atom is 0.306 e. The first-order chi connectivity index (χ1) is 29.0. The molecule has 0 spiro atoms. The Kier molecular flexibility index (Phi) is 45.1. The van der Waals surface area contributed by atoms with Gasteiger partial charge in [-0.15, -0.1) is 0 Å². The molecule has 3 atom stereocenters. The van der Waals surface area contributed by atoms with Crippen molar-refractivity contribution in [3.8, 4) is 0 Å². The third-order valence-electron chi connectivity index (χ3n) is 11.5. The van der Waals surface area contributed by atoms with Gasteiger partial charge in [0.15, 0.2) is 0 Å². The van der Waals surface area contributed by atoms with E-state index in [0.717, 1.165) is 83.5 Å². The molecule has 0 fully saturated rings. The number of esters is 1. The van der Waals surface area contributed by atoms with Crippen LogP contribution in [0.4, 0.5) is 0 Å². The molecular weight excluding hydrogens is 731 g/mol. The van der Waals surface area contributed by atoms with Gasteiger partial charge in [-0.1, -0.05) is 217 Å². The molecule has 0 aliphatic heterocycles. The summed E-state index contributed by atoms with van der Waals surface area (Å²) < 4.78 is 5.92. The summed E-state index contributed by atoms with van der Waals surface area (Å²) in [5, 5.41) is 23.7. The van der Waals surface area contributed by atoms with Gasteiger partial charge < -0.3 is 20.3 Å². The average molecular weight is 828 g/mol. The lowest BCUT2D eigenvalue weighted by molar-refractivity contribution is -0.151. The second-order valence-corrected chi connectivity index (χ2v) is 17.2. The molecule has 0 aromatic heterocycles. The van der Waals surface area contributed by atoms with E-state index in [1.165, 1.54) is 122 Å². The van der Waals surface area contributed by atoms with Gasteiger partial charge in [0.2, 0.25) is 5.91 Å². The molecule has 0 aromatic rings. The molecule has 3 unspecified atom stereocenters. The number of carbonyl (C=O) groups excluding carboxylic acids is 2. The highest BCUT2D eigenvalue weighted by atomic mass is 16.5. The summed E-state index contributed by atoms with van der Waals surface area (Å²) in [6, 6.07) is -0.708. The predicted octanol–water partition coefficient (Wildman–Crippen LogP) is 15.1. The van der Waals surface area contributed by atoms with Crippen LogP contribution in [0.2, 0.25) is 0 Å². The number of aliphatic hydroxyl groups is 2. The molecule has 344 valence electrons. The zero-order chi connectivity index (χ0) is 43.1. The first kappa shape index (κ1) is 56.8. The van der Waals surface area contributed by atoms with E-state index in [4.69, 9.17) is 4.74 Å². The molecule has 0 aliphatic carbocycles. The van der Waals surface area contributed by atoms with Gasteiger partial charge in [-0.25, -0.2) is 0 Å². The van der Waals surface area contributed by atoms with Crippen molar-refractivity contribution < 1.29 is 24.5 Å². The first-order valence-electron chi connectivity index (χ1n) is 25.4. The lowest BCUT2D eigenvalue weighted by Gasteiger charge is -2.24. The van der Waals surface area contributed by atoms with Gasteiger partial charge in [0.1, 0.15) is 6.10 Å². The second kappa shape index (κ2) is 46.9. The average Bonchev–Trinajstić information content (AvgIpc) is 3.23. The topological polar surface area (TPSA) is 95.9 Å². The molecule has 0 heterocycles. The molecule has 6 heteroatoms. The van der Waals surface area contributed by atoms with E-state index in [1.807, 2.05) is 0 Å². The molecular formula is C53H97NO5. The van der Waals surface area contributed by atoms with Crippen LogP contribution in [0.1, 0.15) is 252 Å². The molecule has 0 bridgehead atoms. The molecule has 3 N–H and O–H groups in total. The van der Waals surface area contributed by atoms with Crippen molar-refractivity contribution in [2.24, 2.45) is 0 Å². The molecule has 0 rings (SSSR count). The Balaban J connectivity index is 4.60. The number of hydrogen-bond acceptors (Lipinski definition) is 5. The van der Waals surface area contributed by atoms with Gasteiger partial charge in [-0.2, -0.15) is 0 Å². The highest BCUT2D eigenvalue weighted by Gasteiger charge is 2.24. The Morgan fingerprint density at radius 3 is 1.44 bits per heavy atom. The van der Waals surface area contributed by atoms with Crippen LogP contribution in [-0.2, 0) is 14.3 Å². The van der Waals surface area contributed by atoms with Crippen LogP contribution in [0, 0.1) is 0 Å². The summed E-state index contributed by atoms with van der Waals surface area (Å²) >= 11 is 0. The summed E-state index contributed by atoms with van der Waals surface area (Å²) in [4.78, 5) is 26.1. The number of hydrogen-bond donors (Lipinski definition) is 3. The quantitative estimate of drug-likeness (QED) is 0.0246. The van der Waals surface area contributed by atoms with E-state index in [1.54, 1.807) is 0 Å². The smallest absolute Gasteiger partial charge is 0.306 e. The third kappa shape index (κ3) is 42.3. The van der Waals surface area contributed by atoms with Crippen molar-refractivity contribution in [1.29, 1.82) is 0 Å². The van der Waals surface area contributed by atoms with Crippen molar-refractivity contribution in [2.75, 3.05) is 6.61 Å². The minimum Gasteiger partial charge on any atom is -0.462 e. The highest BCUT2D eigenvalue weighted by molar-refractivity contribution is 5.77. The minimum absolute atomic E-state index is 0.0629. The number of ether oxygens (including phenoxy) is 1. The van der Waals surface area contributed by atoms with E-state index < -0.39 is 18.2 Å². The Bertz CT molecular complexity index is 1020. The number of aliphatic hydroxyl groups excluding tert-OH is 2. The Morgan fingerprint density at radius 1 is 0.508 bits per heavy atom. The van der Waals surface area contributed by atoms with Crippen LogP contribution in [0.25, 0.3) is 0 Å². The van der Waals surface area contributed by atoms with Gasteiger partial charge in [0.05, 0.1) is 25.2 Å². The number of nitrogens with one attached hydrogen (secondary N) is 1. The van der Waals surface area contributed by atoms with Crippen molar-refractivity contribution >= 4 is 11.9 Å². The van der Waals surface area contributed by atoms with Crippen LogP contribution in [0.15, 0.2) is 48.6 Å². The summed E-state index contributed by atoms with van der Waals surface area (Å²) in [6.07, 6.45) is 55.9.